The number of benzene rings is 1. The van der Waals surface area contributed by atoms with E-state index in [1.807, 2.05) is 0 Å². The van der Waals surface area contributed by atoms with Crippen molar-refractivity contribution in [3.05, 3.63) is 29.8 Å². The van der Waals surface area contributed by atoms with Crippen LogP contribution in [0.3, 0.4) is 0 Å². The van der Waals surface area contributed by atoms with Crippen molar-refractivity contribution < 1.29 is 23.6 Å². The summed E-state index contributed by atoms with van der Waals surface area (Å²) in [6.45, 7) is 2.14. The second kappa shape index (κ2) is 5.53. The van der Waals surface area contributed by atoms with E-state index in [9.17, 15) is 18.9 Å². The highest BCUT2D eigenvalue weighted by molar-refractivity contribution is 5.99. The number of ether oxygens (including phenoxy) is 1. The number of anilines is 1. The van der Waals surface area contributed by atoms with E-state index in [0.717, 1.165) is 0 Å². The Balaban J connectivity index is 1.86. The molecule has 1 aromatic carbocycles. The number of nitrogens with zero attached hydrogens (tertiary/aromatic N) is 2. The second-order valence-electron chi connectivity index (χ2n) is 5.68. The van der Waals surface area contributed by atoms with Gasteiger partial charge in [0.05, 0.1) is 5.92 Å². The molecule has 122 valence electrons. The first-order valence-electron chi connectivity index (χ1n) is 7.25. The topological polar surface area (TPSA) is 92.9 Å². The molecule has 23 heavy (non-hydrogen) atoms. The molecule has 2 aliphatic rings. The summed E-state index contributed by atoms with van der Waals surface area (Å²) in [6.07, 6.45) is -1.63. The van der Waals surface area contributed by atoms with Crippen molar-refractivity contribution in [2.45, 2.75) is 25.5 Å². The van der Waals surface area contributed by atoms with Gasteiger partial charge in [-0.2, -0.15) is 0 Å². The third kappa shape index (κ3) is 2.49. The van der Waals surface area contributed by atoms with Gasteiger partial charge in [-0.15, -0.1) is 5.12 Å². The zero-order valence-corrected chi connectivity index (χ0v) is 12.4. The van der Waals surface area contributed by atoms with Gasteiger partial charge in [0.25, 0.3) is 0 Å². The fraction of sp³-hybridized carbons (Fsp3) is 0.400. The molecule has 3 rings (SSSR count). The van der Waals surface area contributed by atoms with Gasteiger partial charge in [0.15, 0.2) is 0 Å². The molecular formula is C15H16FN3O4. The standard InChI is InChI=1S/C15H16FN3O4/c1-8(14(17)21)13-12(19(16)15(22)23-13)9-2-4-10(5-3-9)18-7-6-11(18)20/h2-5,8,12-13H,6-7H2,1H3,(H2,17,21). The number of halogens is 1. The highest BCUT2D eigenvalue weighted by atomic mass is 19.2. The molecule has 3 atom stereocenters. The highest BCUT2D eigenvalue weighted by Gasteiger charge is 2.47. The zero-order valence-electron chi connectivity index (χ0n) is 12.4. The summed E-state index contributed by atoms with van der Waals surface area (Å²) in [5, 5.41) is -0.0338. The van der Waals surface area contributed by atoms with E-state index in [0.29, 0.717) is 24.2 Å². The van der Waals surface area contributed by atoms with Crippen molar-refractivity contribution in [3.8, 4) is 0 Å². The van der Waals surface area contributed by atoms with E-state index in [-0.39, 0.29) is 11.0 Å². The number of carbonyl (C=O) groups is 3. The van der Waals surface area contributed by atoms with Crippen LogP contribution in [0.1, 0.15) is 24.9 Å². The monoisotopic (exact) mass is 321 g/mol. The number of rotatable bonds is 4. The van der Waals surface area contributed by atoms with Gasteiger partial charge in [0, 0.05) is 18.7 Å². The maximum absolute atomic E-state index is 14.1. The summed E-state index contributed by atoms with van der Waals surface area (Å²) >= 11 is 0. The maximum atomic E-state index is 14.1. The van der Waals surface area contributed by atoms with Crippen LogP contribution in [0.4, 0.5) is 15.0 Å². The number of amides is 3. The number of cyclic esters (lactones) is 1. The minimum Gasteiger partial charge on any atom is -0.441 e. The Hall–Kier alpha value is -2.64. The van der Waals surface area contributed by atoms with Gasteiger partial charge in [0.2, 0.25) is 11.8 Å². The Kier molecular flexibility index (Phi) is 3.67. The number of hydrogen-bond donors (Lipinski definition) is 1. The van der Waals surface area contributed by atoms with Crippen molar-refractivity contribution in [1.29, 1.82) is 0 Å². The Morgan fingerprint density at radius 1 is 1.35 bits per heavy atom. The van der Waals surface area contributed by atoms with Crippen molar-refractivity contribution in [2.75, 3.05) is 11.4 Å². The molecule has 2 saturated heterocycles. The van der Waals surface area contributed by atoms with E-state index in [4.69, 9.17) is 10.5 Å². The van der Waals surface area contributed by atoms with E-state index >= 15 is 0 Å². The van der Waals surface area contributed by atoms with Crippen LogP contribution in [0.15, 0.2) is 24.3 Å². The summed E-state index contributed by atoms with van der Waals surface area (Å²) in [5.41, 5.74) is 6.41. The molecule has 0 aliphatic carbocycles. The lowest BCUT2D eigenvalue weighted by Gasteiger charge is -2.31. The molecule has 2 fully saturated rings. The van der Waals surface area contributed by atoms with Crippen LogP contribution in [-0.4, -0.2) is 35.7 Å². The Morgan fingerprint density at radius 2 is 2.00 bits per heavy atom. The third-order valence-electron chi connectivity index (χ3n) is 4.30. The summed E-state index contributed by atoms with van der Waals surface area (Å²) < 4.78 is 19.0. The minimum absolute atomic E-state index is 0.0319. The molecule has 0 bridgehead atoms. The summed E-state index contributed by atoms with van der Waals surface area (Å²) in [4.78, 5) is 35.9. The molecule has 3 unspecified atom stereocenters. The van der Waals surface area contributed by atoms with Gasteiger partial charge >= 0.3 is 6.09 Å². The van der Waals surface area contributed by atoms with E-state index in [1.165, 1.54) is 6.92 Å². The van der Waals surface area contributed by atoms with Crippen LogP contribution in [-0.2, 0) is 14.3 Å². The van der Waals surface area contributed by atoms with E-state index in [1.54, 1.807) is 29.2 Å². The van der Waals surface area contributed by atoms with E-state index in [2.05, 4.69) is 0 Å². The van der Waals surface area contributed by atoms with Crippen molar-refractivity contribution >= 4 is 23.6 Å². The number of hydrogen-bond acceptors (Lipinski definition) is 4. The lowest BCUT2D eigenvalue weighted by atomic mass is 9.92. The summed E-state index contributed by atoms with van der Waals surface area (Å²) in [5.74, 6) is -1.48. The average Bonchev–Trinajstić information content (AvgIpc) is 2.81. The Labute approximate surface area is 131 Å². The minimum atomic E-state index is -1.14. The van der Waals surface area contributed by atoms with Gasteiger partial charge < -0.3 is 15.4 Å². The van der Waals surface area contributed by atoms with Crippen molar-refractivity contribution in [1.82, 2.24) is 5.12 Å². The van der Waals surface area contributed by atoms with Gasteiger partial charge in [-0.05, 0) is 24.6 Å². The Bertz CT molecular complexity index is 663. The molecule has 0 aromatic heterocycles. The zero-order chi connectivity index (χ0) is 16.7. The molecule has 7 nitrogen and oxygen atoms in total. The van der Waals surface area contributed by atoms with E-state index < -0.39 is 30.1 Å². The quantitative estimate of drug-likeness (QED) is 0.668. The molecule has 2 N–H and O–H groups in total. The molecule has 0 saturated carbocycles. The maximum Gasteiger partial charge on any atom is 0.439 e. The molecule has 2 heterocycles. The molecular weight excluding hydrogens is 305 g/mol. The SMILES string of the molecule is CC(C(N)=O)C1OC(=O)N(F)C1c1ccc(N2CCC2=O)cc1. The van der Waals surface area contributed by atoms with Crippen molar-refractivity contribution in [2.24, 2.45) is 11.7 Å². The number of nitrogens with two attached hydrogens (primary N) is 1. The molecule has 2 aliphatic heterocycles. The predicted octanol–water partition coefficient (Wildman–Crippen LogP) is 1.29. The number of β-lactam (4-membered cyclic amide) rings is 1. The van der Waals surface area contributed by atoms with Gasteiger partial charge in [0.1, 0.15) is 12.1 Å². The first-order valence-corrected chi connectivity index (χ1v) is 7.25. The lowest BCUT2D eigenvalue weighted by molar-refractivity contribution is -0.124. The van der Waals surface area contributed by atoms with Crippen LogP contribution in [0.5, 0.6) is 0 Å². The largest absolute Gasteiger partial charge is 0.441 e. The smallest absolute Gasteiger partial charge is 0.439 e. The second-order valence-corrected chi connectivity index (χ2v) is 5.68. The van der Waals surface area contributed by atoms with Crippen LogP contribution >= 0.6 is 0 Å². The van der Waals surface area contributed by atoms with Crippen molar-refractivity contribution in [3.63, 3.8) is 0 Å². The van der Waals surface area contributed by atoms with Crippen LogP contribution in [0, 0.1) is 5.92 Å². The first kappa shape index (κ1) is 15.3. The van der Waals surface area contributed by atoms with Gasteiger partial charge in [-0.3, -0.25) is 9.59 Å². The van der Waals surface area contributed by atoms with Gasteiger partial charge in [-0.1, -0.05) is 16.6 Å². The summed E-state index contributed by atoms with van der Waals surface area (Å²) in [7, 11) is 0. The average molecular weight is 321 g/mol. The molecule has 3 amide bonds. The highest BCUT2D eigenvalue weighted by Crippen LogP contribution is 2.38. The molecule has 0 spiro atoms. The Morgan fingerprint density at radius 3 is 2.48 bits per heavy atom. The first-order chi connectivity index (χ1) is 10.9. The lowest BCUT2D eigenvalue weighted by Crippen LogP contribution is -2.43. The third-order valence-corrected chi connectivity index (χ3v) is 4.30. The summed E-state index contributed by atoms with van der Waals surface area (Å²) in [6, 6.07) is 5.53. The fourth-order valence-electron chi connectivity index (χ4n) is 2.77. The molecule has 0 radical (unpaired) electrons. The number of carbonyl (C=O) groups excluding carboxylic acids is 3. The molecule has 1 aromatic rings. The predicted molar refractivity (Wildman–Crippen MR) is 77.7 cm³/mol. The fourth-order valence-corrected chi connectivity index (χ4v) is 2.77. The number of primary amides is 1. The van der Waals surface area contributed by atoms with Crippen LogP contribution < -0.4 is 10.6 Å². The molecule has 8 heteroatoms. The van der Waals surface area contributed by atoms with Gasteiger partial charge in [-0.25, -0.2) is 4.79 Å². The van der Waals surface area contributed by atoms with Crippen LogP contribution in [0.2, 0.25) is 0 Å². The van der Waals surface area contributed by atoms with Crippen LogP contribution in [0.25, 0.3) is 0 Å². The normalized spacial score (nSPS) is 25.1.